The van der Waals surface area contributed by atoms with Crippen LogP contribution in [0.2, 0.25) is 0 Å². The molecule has 2 N–H and O–H groups in total. The standard InChI is InChI=1S/C14H24N4O/c1-4-12-16-13(15)10(2)14(17-12)18-7-5-11(6-8-18)9-19-3/h11H,4-9H2,1-3H3,(H2,15,16,17). The number of nitrogens with zero attached hydrogens (tertiary/aromatic N) is 3. The van der Waals surface area contributed by atoms with Crippen molar-refractivity contribution < 1.29 is 4.74 Å². The fourth-order valence-electron chi connectivity index (χ4n) is 2.58. The summed E-state index contributed by atoms with van der Waals surface area (Å²) < 4.78 is 5.24. The monoisotopic (exact) mass is 264 g/mol. The summed E-state index contributed by atoms with van der Waals surface area (Å²) in [5.41, 5.74) is 6.98. The molecule has 1 aromatic rings. The van der Waals surface area contributed by atoms with Crippen molar-refractivity contribution in [1.82, 2.24) is 9.97 Å². The summed E-state index contributed by atoms with van der Waals surface area (Å²) in [5, 5.41) is 0. The molecule has 5 heteroatoms. The highest BCUT2D eigenvalue weighted by molar-refractivity contribution is 5.56. The van der Waals surface area contributed by atoms with E-state index in [0.29, 0.717) is 11.7 Å². The molecule has 0 aromatic carbocycles. The maximum atomic E-state index is 5.98. The Labute approximate surface area is 115 Å². The van der Waals surface area contributed by atoms with Gasteiger partial charge >= 0.3 is 0 Å². The van der Waals surface area contributed by atoms with Gasteiger partial charge in [0.1, 0.15) is 17.5 Å². The van der Waals surface area contributed by atoms with Crippen LogP contribution >= 0.6 is 0 Å². The number of hydrogen-bond donors (Lipinski definition) is 1. The number of aryl methyl sites for hydroxylation is 1. The topological polar surface area (TPSA) is 64.3 Å². The SMILES string of the molecule is CCc1nc(N)c(C)c(N2CCC(COC)CC2)n1. The molecule has 0 amide bonds. The van der Waals surface area contributed by atoms with E-state index in [2.05, 4.69) is 21.8 Å². The lowest BCUT2D eigenvalue weighted by Crippen LogP contribution is -2.36. The lowest BCUT2D eigenvalue weighted by atomic mass is 9.97. The molecule has 2 rings (SSSR count). The van der Waals surface area contributed by atoms with Crippen molar-refractivity contribution in [1.29, 1.82) is 0 Å². The molecule has 1 aliphatic heterocycles. The molecule has 0 spiro atoms. The van der Waals surface area contributed by atoms with Gasteiger partial charge in [-0.05, 0) is 25.7 Å². The van der Waals surface area contributed by atoms with Gasteiger partial charge in [-0.3, -0.25) is 0 Å². The highest BCUT2D eigenvalue weighted by Crippen LogP contribution is 2.26. The van der Waals surface area contributed by atoms with Crippen molar-refractivity contribution in [3.8, 4) is 0 Å². The van der Waals surface area contributed by atoms with E-state index < -0.39 is 0 Å². The zero-order valence-corrected chi connectivity index (χ0v) is 12.1. The summed E-state index contributed by atoms with van der Waals surface area (Å²) in [4.78, 5) is 11.3. The van der Waals surface area contributed by atoms with Crippen molar-refractivity contribution in [3.63, 3.8) is 0 Å². The molecule has 5 nitrogen and oxygen atoms in total. The fourth-order valence-corrected chi connectivity index (χ4v) is 2.58. The Hall–Kier alpha value is -1.36. The third-order valence-electron chi connectivity index (χ3n) is 3.84. The molecular formula is C14H24N4O. The summed E-state index contributed by atoms with van der Waals surface area (Å²) in [6.45, 7) is 6.96. The second-order valence-corrected chi connectivity index (χ2v) is 5.21. The number of anilines is 2. The Morgan fingerprint density at radius 1 is 1.32 bits per heavy atom. The maximum absolute atomic E-state index is 5.98. The summed E-state index contributed by atoms with van der Waals surface area (Å²) >= 11 is 0. The van der Waals surface area contributed by atoms with Crippen LogP contribution in [0.3, 0.4) is 0 Å². The van der Waals surface area contributed by atoms with Gasteiger partial charge < -0.3 is 15.4 Å². The molecule has 19 heavy (non-hydrogen) atoms. The number of methoxy groups -OCH3 is 1. The van der Waals surface area contributed by atoms with E-state index in [9.17, 15) is 0 Å². The van der Waals surface area contributed by atoms with Crippen molar-refractivity contribution in [2.75, 3.05) is 37.4 Å². The van der Waals surface area contributed by atoms with E-state index in [-0.39, 0.29) is 0 Å². The lowest BCUT2D eigenvalue weighted by molar-refractivity contribution is 0.139. The van der Waals surface area contributed by atoms with Crippen molar-refractivity contribution >= 4 is 11.6 Å². The highest BCUT2D eigenvalue weighted by Gasteiger charge is 2.22. The number of rotatable bonds is 4. The average molecular weight is 264 g/mol. The predicted octanol–water partition coefficient (Wildman–Crippen LogP) is 1.79. The first kappa shape index (κ1) is 14.1. The molecule has 1 aliphatic rings. The molecule has 0 saturated carbocycles. The lowest BCUT2D eigenvalue weighted by Gasteiger charge is -2.33. The second kappa shape index (κ2) is 6.19. The maximum Gasteiger partial charge on any atom is 0.137 e. The van der Waals surface area contributed by atoms with Crippen molar-refractivity contribution in [3.05, 3.63) is 11.4 Å². The molecular weight excluding hydrogens is 240 g/mol. The smallest absolute Gasteiger partial charge is 0.137 e. The van der Waals surface area contributed by atoms with Crippen LogP contribution in [0.25, 0.3) is 0 Å². The van der Waals surface area contributed by atoms with Crippen molar-refractivity contribution in [2.24, 2.45) is 5.92 Å². The molecule has 1 aromatic heterocycles. The Bertz CT molecular complexity index is 428. The van der Waals surface area contributed by atoms with E-state index in [1.54, 1.807) is 7.11 Å². The first-order valence-electron chi connectivity index (χ1n) is 7.02. The Morgan fingerprint density at radius 2 is 2.00 bits per heavy atom. The number of hydrogen-bond acceptors (Lipinski definition) is 5. The predicted molar refractivity (Wildman–Crippen MR) is 77.4 cm³/mol. The van der Waals surface area contributed by atoms with Crippen LogP contribution in [0.5, 0.6) is 0 Å². The van der Waals surface area contributed by atoms with Gasteiger partial charge in [0.25, 0.3) is 0 Å². The van der Waals surface area contributed by atoms with E-state index in [1.165, 1.54) is 0 Å². The van der Waals surface area contributed by atoms with E-state index >= 15 is 0 Å². The van der Waals surface area contributed by atoms with Crippen LogP contribution < -0.4 is 10.6 Å². The number of nitrogen functional groups attached to an aromatic ring is 1. The zero-order chi connectivity index (χ0) is 13.8. The van der Waals surface area contributed by atoms with Gasteiger partial charge in [-0.25, -0.2) is 9.97 Å². The van der Waals surface area contributed by atoms with Crippen LogP contribution in [0.4, 0.5) is 11.6 Å². The third-order valence-corrected chi connectivity index (χ3v) is 3.84. The fraction of sp³-hybridized carbons (Fsp3) is 0.714. The quantitative estimate of drug-likeness (QED) is 0.898. The zero-order valence-electron chi connectivity index (χ0n) is 12.1. The summed E-state index contributed by atoms with van der Waals surface area (Å²) in [5.74, 6) is 3.13. The summed E-state index contributed by atoms with van der Waals surface area (Å²) in [6.07, 6.45) is 3.12. The van der Waals surface area contributed by atoms with Crippen LogP contribution in [0, 0.1) is 12.8 Å². The molecule has 1 fully saturated rings. The molecule has 0 radical (unpaired) electrons. The second-order valence-electron chi connectivity index (χ2n) is 5.21. The van der Waals surface area contributed by atoms with E-state index in [0.717, 1.165) is 56.2 Å². The van der Waals surface area contributed by atoms with Gasteiger partial charge in [0.2, 0.25) is 0 Å². The van der Waals surface area contributed by atoms with Gasteiger partial charge in [-0.2, -0.15) is 0 Å². The average Bonchev–Trinajstić information content (AvgIpc) is 2.43. The highest BCUT2D eigenvalue weighted by atomic mass is 16.5. The molecule has 1 saturated heterocycles. The van der Waals surface area contributed by atoms with Crippen LogP contribution in [0.15, 0.2) is 0 Å². The first-order chi connectivity index (χ1) is 9.15. The Morgan fingerprint density at radius 3 is 2.58 bits per heavy atom. The van der Waals surface area contributed by atoms with E-state index in [1.807, 2.05) is 6.92 Å². The van der Waals surface area contributed by atoms with Crippen molar-refractivity contribution in [2.45, 2.75) is 33.1 Å². The normalized spacial score (nSPS) is 16.9. The number of piperidine rings is 1. The van der Waals surface area contributed by atoms with Crippen LogP contribution in [-0.2, 0) is 11.2 Å². The molecule has 2 heterocycles. The minimum Gasteiger partial charge on any atom is -0.384 e. The number of nitrogens with two attached hydrogens (primary N) is 1. The summed E-state index contributed by atoms with van der Waals surface area (Å²) in [7, 11) is 1.77. The molecule has 0 unspecified atom stereocenters. The molecule has 106 valence electrons. The van der Waals surface area contributed by atoms with Gasteiger partial charge in [-0.1, -0.05) is 6.92 Å². The van der Waals surface area contributed by atoms with Gasteiger partial charge in [0, 0.05) is 38.8 Å². The minimum absolute atomic E-state index is 0.612. The Kier molecular flexibility index (Phi) is 4.58. The molecule has 0 atom stereocenters. The third kappa shape index (κ3) is 3.15. The van der Waals surface area contributed by atoms with Gasteiger partial charge in [0.05, 0.1) is 0 Å². The largest absolute Gasteiger partial charge is 0.384 e. The number of aromatic nitrogens is 2. The molecule has 0 bridgehead atoms. The van der Waals surface area contributed by atoms with Crippen LogP contribution in [0.1, 0.15) is 31.2 Å². The Balaban J connectivity index is 2.12. The number of ether oxygens (including phenoxy) is 1. The van der Waals surface area contributed by atoms with Gasteiger partial charge in [-0.15, -0.1) is 0 Å². The van der Waals surface area contributed by atoms with Crippen LogP contribution in [-0.4, -0.2) is 36.8 Å². The summed E-state index contributed by atoms with van der Waals surface area (Å²) in [6, 6.07) is 0. The minimum atomic E-state index is 0.612. The van der Waals surface area contributed by atoms with Gasteiger partial charge in [0.15, 0.2) is 0 Å². The molecule has 0 aliphatic carbocycles. The van der Waals surface area contributed by atoms with E-state index in [4.69, 9.17) is 10.5 Å². The first-order valence-corrected chi connectivity index (χ1v) is 7.02.